The zero-order valence-electron chi connectivity index (χ0n) is 12.2. The van der Waals surface area contributed by atoms with Crippen LogP contribution < -0.4 is 0 Å². The van der Waals surface area contributed by atoms with Gasteiger partial charge >= 0.3 is 0 Å². The van der Waals surface area contributed by atoms with E-state index in [1.54, 1.807) is 12.2 Å². The molecule has 0 unspecified atom stereocenters. The molecule has 2 nitrogen and oxygen atoms in total. The molecule has 0 bridgehead atoms. The standard InChI is InChI=1S/C11H13NOS.2C2H6/c1-4-8(5-2)7-10-9(6-3)12-11(14)13-10;2*1-2/h4,6-7H,1,3,5H2,2H3,(H,12,14);2*1-2H3/b8-7+;;. The maximum atomic E-state index is 5.30. The minimum atomic E-state index is 0.366. The molecule has 0 aliphatic carbocycles. The van der Waals surface area contributed by atoms with Crippen LogP contribution in [0.2, 0.25) is 0 Å². The second-order valence-corrected chi connectivity index (χ2v) is 3.14. The average molecular weight is 267 g/mol. The summed E-state index contributed by atoms with van der Waals surface area (Å²) in [4.78, 5) is 3.27. The second-order valence-electron chi connectivity index (χ2n) is 2.77. The Kier molecular flexibility index (Phi) is 12.8. The van der Waals surface area contributed by atoms with Crippen LogP contribution in [0.1, 0.15) is 52.5 Å². The van der Waals surface area contributed by atoms with E-state index in [9.17, 15) is 0 Å². The summed E-state index contributed by atoms with van der Waals surface area (Å²) in [7, 11) is 0. The highest BCUT2D eigenvalue weighted by molar-refractivity contribution is 7.71. The Labute approximate surface area is 116 Å². The van der Waals surface area contributed by atoms with E-state index in [0.29, 0.717) is 10.6 Å². The number of aromatic nitrogens is 1. The topological polar surface area (TPSA) is 28.9 Å². The number of hydrogen-bond acceptors (Lipinski definition) is 2. The Morgan fingerprint density at radius 2 is 1.83 bits per heavy atom. The zero-order chi connectivity index (χ0) is 14.6. The third-order valence-corrected chi connectivity index (χ3v) is 2.08. The van der Waals surface area contributed by atoms with Gasteiger partial charge in [-0.15, -0.1) is 0 Å². The van der Waals surface area contributed by atoms with E-state index in [2.05, 4.69) is 25.1 Å². The molecule has 0 fully saturated rings. The predicted octanol–water partition coefficient (Wildman–Crippen LogP) is 6.01. The highest BCUT2D eigenvalue weighted by atomic mass is 32.1. The second kappa shape index (κ2) is 12.1. The van der Waals surface area contributed by atoms with Gasteiger partial charge in [0.25, 0.3) is 4.84 Å². The summed E-state index contributed by atoms with van der Waals surface area (Å²) < 4.78 is 5.30. The van der Waals surface area contributed by atoms with Gasteiger partial charge in [0.15, 0.2) is 5.76 Å². The van der Waals surface area contributed by atoms with Crippen molar-refractivity contribution in [2.75, 3.05) is 0 Å². The molecule has 0 atom stereocenters. The lowest BCUT2D eigenvalue weighted by Gasteiger charge is -1.94. The maximum absolute atomic E-state index is 5.30. The van der Waals surface area contributed by atoms with E-state index < -0.39 is 0 Å². The number of H-pyrrole nitrogens is 1. The molecular weight excluding hydrogens is 242 g/mol. The van der Waals surface area contributed by atoms with E-state index in [4.69, 9.17) is 16.6 Å². The molecule has 1 N–H and O–H groups in total. The SMILES string of the molecule is C=C/C(=C\c1oc(=S)[nH]c1C=C)CC.CC.CC. The zero-order valence-corrected chi connectivity index (χ0v) is 13.0. The van der Waals surface area contributed by atoms with Crippen LogP contribution in [0.15, 0.2) is 29.2 Å². The molecule has 1 aromatic rings. The molecule has 0 aliphatic rings. The van der Waals surface area contributed by atoms with Gasteiger partial charge in [-0.05, 0) is 36.4 Å². The third-order valence-electron chi connectivity index (χ3n) is 1.90. The summed E-state index contributed by atoms with van der Waals surface area (Å²) >= 11 is 4.89. The normalized spacial score (nSPS) is 9.50. The Balaban J connectivity index is 0. The molecule has 0 saturated heterocycles. The monoisotopic (exact) mass is 267 g/mol. The smallest absolute Gasteiger partial charge is 0.266 e. The van der Waals surface area contributed by atoms with E-state index >= 15 is 0 Å². The van der Waals surface area contributed by atoms with Crippen LogP contribution in [0, 0.1) is 4.84 Å². The molecule has 0 amide bonds. The molecule has 0 aromatic carbocycles. The maximum Gasteiger partial charge on any atom is 0.266 e. The summed E-state index contributed by atoms with van der Waals surface area (Å²) in [5.74, 6) is 0.710. The number of allylic oxidation sites excluding steroid dienone is 2. The van der Waals surface area contributed by atoms with Gasteiger partial charge in [0.1, 0.15) is 0 Å². The molecule has 1 heterocycles. The number of oxazole rings is 1. The average Bonchev–Trinajstić information content (AvgIpc) is 2.80. The molecule has 3 heteroatoms. The van der Waals surface area contributed by atoms with Crippen molar-refractivity contribution in [1.29, 1.82) is 0 Å². The quantitative estimate of drug-likeness (QED) is 0.534. The van der Waals surface area contributed by atoms with Gasteiger partial charge in [-0.3, -0.25) is 0 Å². The van der Waals surface area contributed by atoms with Crippen LogP contribution in [0.3, 0.4) is 0 Å². The molecule has 18 heavy (non-hydrogen) atoms. The molecule has 0 saturated carbocycles. The first-order valence-electron chi connectivity index (χ1n) is 6.39. The first-order chi connectivity index (χ1) is 8.71. The first-order valence-corrected chi connectivity index (χ1v) is 6.80. The minimum Gasteiger partial charge on any atom is -0.429 e. The van der Waals surface area contributed by atoms with Crippen LogP contribution >= 0.6 is 12.2 Å². The van der Waals surface area contributed by atoms with Crippen LogP contribution in [0.25, 0.3) is 12.2 Å². The Hall–Kier alpha value is -1.35. The molecule has 102 valence electrons. The van der Waals surface area contributed by atoms with Crippen molar-refractivity contribution in [1.82, 2.24) is 4.98 Å². The highest BCUT2D eigenvalue weighted by Crippen LogP contribution is 2.15. The molecular formula is C15H25NOS. The predicted molar refractivity (Wildman–Crippen MR) is 85.1 cm³/mol. The lowest BCUT2D eigenvalue weighted by Crippen LogP contribution is -1.78. The summed E-state index contributed by atoms with van der Waals surface area (Å²) in [6.45, 7) is 17.4. The van der Waals surface area contributed by atoms with Gasteiger partial charge in [0, 0.05) is 0 Å². The number of hydrogen-bond donors (Lipinski definition) is 1. The Bertz CT molecular complexity index is 424. The fourth-order valence-corrected chi connectivity index (χ4v) is 1.28. The van der Waals surface area contributed by atoms with E-state index in [1.807, 2.05) is 33.8 Å². The Morgan fingerprint density at radius 1 is 1.28 bits per heavy atom. The lowest BCUT2D eigenvalue weighted by atomic mass is 10.1. The van der Waals surface area contributed by atoms with Gasteiger partial charge in [0.05, 0.1) is 5.69 Å². The van der Waals surface area contributed by atoms with E-state index in [0.717, 1.165) is 17.7 Å². The molecule has 0 aliphatic heterocycles. The summed E-state index contributed by atoms with van der Waals surface area (Å²) in [6.07, 6.45) is 6.31. The molecule has 1 rings (SSSR count). The van der Waals surface area contributed by atoms with Crippen LogP contribution in [0.4, 0.5) is 0 Å². The van der Waals surface area contributed by atoms with Crippen molar-refractivity contribution in [3.8, 4) is 0 Å². The van der Waals surface area contributed by atoms with Crippen molar-refractivity contribution in [2.45, 2.75) is 41.0 Å². The fraction of sp³-hybridized carbons (Fsp3) is 0.400. The van der Waals surface area contributed by atoms with Gasteiger partial charge < -0.3 is 9.40 Å². The minimum absolute atomic E-state index is 0.366. The summed E-state index contributed by atoms with van der Waals surface area (Å²) in [5, 5.41) is 0. The van der Waals surface area contributed by atoms with Crippen LogP contribution in [0.5, 0.6) is 0 Å². The third kappa shape index (κ3) is 6.40. The van der Waals surface area contributed by atoms with Crippen molar-refractivity contribution >= 4 is 24.4 Å². The molecule has 0 spiro atoms. The number of rotatable bonds is 4. The lowest BCUT2D eigenvalue weighted by molar-refractivity contribution is 0.531. The van der Waals surface area contributed by atoms with Gasteiger partial charge in [-0.25, -0.2) is 0 Å². The summed E-state index contributed by atoms with van der Waals surface area (Å²) in [5.41, 5.74) is 1.91. The van der Waals surface area contributed by atoms with Crippen molar-refractivity contribution in [2.24, 2.45) is 0 Å². The highest BCUT2D eigenvalue weighted by Gasteiger charge is 2.02. The number of aromatic amines is 1. The van der Waals surface area contributed by atoms with Crippen molar-refractivity contribution in [3.63, 3.8) is 0 Å². The van der Waals surface area contributed by atoms with Crippen molar-refractivity contribution in [3.05, 3.63) is 41.1 Å². The van der Waals surface area contributed by atoms with E-state index in [-0.39, 0.29) is 0 Å². The number of nitrogens with one attached hydrogen (secondary N) is 1. The van der Waals surface area contributed by atoms with Crippen molar-refractivity contribution < 1.29 is 4.42 Å². The van der Waals surface area contributed by atoms with E-state index in [1.165, 1.54) is 0 Å². The largest absolute Gasteiger partial charge is 0.429 e. The fourth-order valence-electron chi connectivity index (χ4n) is 1.08. The van der Waals surface area contributed by atoms with Crippen LogP contribution in [-0.2, 0) is 0 Å². The molecule has 0 radical (unpaired) electrons. The first kappa shape index (κ1) is 19.0. The Morgan fingerprint density at radius 3 is 2.22 bits per heavy atom. The van der Waals surface area contributed by atoms with Gasteiger partial charge in [0.2, 0.25) is 0 Å². The van der Waals surface area contributed by atoms with Gasteiger partial charge in [-0.2, -0.15) is 0 Å². The van der Waals surface area contributed by atoms with Crippen LogP contribution in [-0.4, -0.2) is 4.98 Å². The summed E-state index contributed by atoms with van der Waals surface area (Å²) in [6, 6.07) is 0. The molecule has 1 aromatic heterocycles. The van der Waals surface area contributed by atoms with Gasteiger partial charge in [-0.1, -0.05) is 53.9 Å².